The molecule has 3 aromatic heterocycles. The van der Waals surface area contributed by atoms with Crippen molar-refractivity contribution in [3.8, 4) is 0 Å². The van der Waals surface area contributed by atoms with Gasteiger partial charge in [0.15, 0.2) is 0 Å². The largest absolute Gasteiger partial charge is 0.349 e. The molecule has 204 valence electrons. The quantitative estimate of drug-likeness (QED) is 0.190. The lowest BCUT2D eigenvalue weighted by atomic mass is 10.1. The first-order chi connectivity index (χ1) is 18.3. The van der Waals surface area contributed by atoms with E-state index in [1.807, 2.05) is 12.1 Å². The number of para-hydroxylation sites is 3. The first-order valence-electron chi connectivity index (χ1n) is 14.0. The van der Waals surface area contributed by atoms with Gasteiger partial charge in [0, 0.05) is 62.5 Å². The van der Waals surface area contributed by atoms with Gasteiger partial charge in [0.25, 0.3) is 0 Å². The molecule has 0 saturated carbocycles. The van der Waals surface area contributed by atoms with Gasteiger partial charge in [-0.2, -0.15) is 0 Å². The topological polar surface area (TPSA) is 14.8 Å². The molecule has 3 nitrogen and oxygen atoms in total. The molecule has 0 radical (unpaired) electrons. The van der Waals surface area contributed by atoms with Crippen molar-refractivity contribution in [2.24, 2.45) is 0 Å². The molecule has 39 heavy (non-hydrogen) atoms. The van der Waals surface area contributed by atoms with Crippen LogP contribution >= 0.6 is 0 Å². The number of benzene rings is 3. The summed E-state index contributed by atoms with van der Waals surface area (Å²) in [6.07, 6.45) is 6.32. The third-order valence-electron chi connectivity index (χ3n) is 6.95. The van der Waals surface area contributed by atoms with Crippen LogP contribution in [0.5, 0.6) is 0 Å². The lowest BCUT2D eigenvalue weighted by Crippen LogP contribution is -2.21. The highest BCUT2D eigenvalue weighted by Gasteiger charge is 2.19. The van der Waals surface area contributed by atoms with E-state index in [2.05, 4.69) is 173 Å². The Morgan fingerprint density at radius 2 is 0.872 bits per heavy atom. The Morgan fingerprint density at radius 3 is 1.31 bits per heavy atom. The minimum Gasteiger partial charge on any atom is -0.349 e. The maximum absolute atomic E-state index is 2.43. The molecule has 3 heteroatoms. The van der Waals surface area contributed by atoms with Crippen molar-refractivity contribution in [1.82, 2.24) is 13.7 Å². The van der Waals surface area contributed by atoms with Crippen molar-refractivity contribution in [2.45, 2.75) is 78.9 Å². The number of rotatable bonds is 0. The predicted octanol–water partition coefficient (Wildman–Crippen LogP) is 10.2. The molecule has 0 saturated heterocycles. The lowest BCUT2D eigenvalue weighted by Gasteiger charge is -2.24. The van der Waals surface area contributed by atoms with E-state index < -0.39 is 0 Å². The number of hydrogen-bond acceptors (Lipinski definition) is 0. The molecule has 0 aliphatic carbocycles. The maximum atomic E-state index is 2.43. The minimum absolute atomic E-state index is 0.0999. The van der Waals surface area contributed by atoms with Crippen LogP contribution in [-0.2, 0) is 16.6 Å². The Morgan fingerprint density at radius 1 is 0.410 bits per heavy atom. The summed E-state index contributed by atoms with van der Waals surface area (Å²) in [5, 5.41) is 4.01. The van der Waals surface area contributed by atoms with Gasteiger partial charge in [0.2, 0.25) is 0 Å². The molecule has 6 rings (SSSR count). The zero-order valence-corrected chi connectivity index (χ0v) is 25.2. The van der Waals surface area contributed by atoms with Gasteiger partial charge in [-0.3, -0.25) is 0 Å². The fourth-order valence-corrected chi connectivity index (χ4v) is 5.09. The molecular formula is C36H45N3. The van der Waals surface area contributed by atoms with Crippen LogP contribution in [0.3, 0.4) is 0 Å². The van der Waals surface area contributed by atoms with Crippen LogP contribution in [0.15, 0.2) is 110 Å². The second-order valence-corrected chi connectivity index (χ2v) is 13.2. The second-order valence-electron chi connectivity index (χ2n) is 13.2. The van der Waals surface area contributed by atoms with E-state index in [1.165, 1.54) is 32.7 Å². The van der Waals surface area contributed by atoms with Crippen molar-refractivity contribution in [1.29, 1.82) is 0 Å². The monoisotopic (exact) mass is 519 g/mol. The van der Waals surface area contributed by atoms with Gasteiger partial charge in [-0.25, -0.2) is 0 Å². The van der Waals surface area contributed by atoms with E-state index in [4.69, 9.17) is 0 Å². The zero-order valence-electron chi connectivity index (χ0n) is 25.2. The van der Waals surface area contributed by atoms with Gasteiger partial charge in [-0.15, -0.1) is 0 Å². The summed E-state index contributed by atoms with van der Waals surface area (Å²) in [6.45, 7) is 20.0. The van der Waals surface area contributed by atoms with Crippen molar-refractivity contribution >= 4 is 32.7 Å². The first kappa shape index (κ1) is 28.3. The summed E-state index contributed by atoms with van der Waals surface area (Å²) in [6, 6.07) is 32.0. The highest BCUT2D eigenvalue weighted by Crippen LogP contribution is 2.33. The smallest absolute Gasteiger partial charge is 0.0496 e. The molecule has 0 N–H and O–H groups in total. The van der Waals surface area contributed by atoms with Crippen molar-refractivity contribution < 1.29 is 0 Å². The standard InChI is InChI=1S/C16H17N.C12H15N.C8H13N/c1-16(2,3)17-14-10-6-4-8-12(14)13-9-5-7-11-15(13)17;1-12(2,3)13-9-8-10-6-4-5-7-11(10)13;1-8(2,3)9-6-4-5-7-9/h4-11H,1-3H3;4-9H,1-3H3;4-7H,1-3H3. The van der Waals surface area contributed by atoms with E-state index in [1.54, 1.807) is 0 Å². The summed E-state index contributed by atoms with van der Waals surface area (Å²) in [7, 11) is 0. The van der Waals surface area contributed by atoms with Crippen LogP contribution in [0.4, 0.5) is 0 Å². The fourth-order valence-electron chi connectivity index (χ4n) is 5.09. The number of hydrogen-bond donors (Lipinski definition) is 0. The van der Waals surface area contributed by atoms with Gasteiger partial charge >= 0.3 is 0 Å². The molecule has 0 amide bonds. The van der Waals surface area contributed by atoms with E-state index in [-0.39, 0.29) is 16.6 Å². The lowest BCUT2D eigenvalue weighted by molar-refractivity contribution is 0.398. The van der Waals surface area contributed by atoms with E-state index >= 15 is 0 Å². The Hall–Kier alpha value is -3.72. The Labute approximate surface area is 234 Å². The molecule has 0 unspecified atom stereocenters. The fraction of sp³-hybridized carbons (Fsp3) is 0.333. The Kier molecular flexibility index (Phi) is 7.84. The molecule has 0 aliphatic rings. The third-order valence-corrected chi connectivity index (χ3v) is 6.95. The van der Waals surface area contributed by atoms with Gasteiger partial charge in [-0.1, -0.05) is 54.6 Å². The molecule has 0 atom stereocenters. The molecule has 0 spiro atoms. The minimum atomic E-state index is 0.0999. The summed E-state index contributed by atoms with van der Waals surface area (Å²) >= 11 is 0. The average Bonchev–Trinajstić information content (AvgIpc) is 3.61. The SMILES string of the molecule is CC(C)(C)n1c2ccccc2c2ccccc21.CC(C)(C)n1ccc2ccccc21.CC(C)(C)n1cccc1. The van der Waals surface area contributed by atoms with Gasteiger partial charge in [-0.05, 0) is 104 Å². The Bertz CT molecular complexity index is 1590. The second kappa shape index (κ2) is 10.8. The number of fused-ring (bicyclic) bond motifs is 4. The molecule has 0 fully saturated rings. The van der Waals surface area contributed by atoms with Crippen LogP contribution in [0.2, 0.25) is 0 Å². The molecule has 0 aliphatic heterocycles. The molecule has 3 aromatic carbocycles. The van der Waals surface area contributed by atoms with E-state index in [0.29, 0.717) is 0 Å². The van der Waals surface area contributed by atoms with Crippen molar-refractivity contribution in [3.05, 3.63) is 110 Å². The van der Waals surface area contributed by atoms with Crippen molar-refractivity contribution in [3.63, 3.8) is 0 Å². The Balaban J connectivity index is 0.000000143. The van der Waals surface area contributed by atoms with Gasteiger partial charge in [0.05, 0.1) is 0 Å². The van der Waals surface area contributed by atoms with Crippen LogP contribution in [0.1, 0.15) is 62.3 Å². The summed E-state index contributed by atoms with van der Waals surface area (Å²) < 4.78 is 6.92. The molecule has 0 bridgehead atoms. The average molecular weight is 520 g/mol. The summed E-state index contributed by atoms with van der Waals surface area (Å²) in [5.74, 6) is 0. The van der Waals surface area contributed by atoms with E-state index in [9.17, 15) is 0 Å². The van der Waals surface area contributed by atoms with Crippen LogP contribution in [0.25, 0.3) is 32.7 Å². The predicted molar refractivity (Wildman–Crippen MR) is 171 cm³/mol. The van der Waals surface area contributed by atoms with Crippen molar-refractivity contribution in [2.75, 3.05) is 0 Å². The number of aromatic nitrogens is 3. The van der Waals surface area contributed by atoms with Gasteiger partial charge in [0.1, 0.15) is 0 Å². The highest BCUT2D eigenvalue weighted by atomic mass is 15.0. The normalized spacial score (nSPS) is 12.2. The molecular weight excluding hydrogens is 474 g/mol. The zero-order chi connectivity index (χ0) is 28.4. The highest BCUT2D eigenvalue weighted by molar-refractivity contribution is 6.08. The molecule has 3 heterocycles. The summed E-state index contributed by atoms with van der Waals surface area (Å²) in [4.78, 5) is 0. The van der Waals surface area contributed by atoms with Gasteiger partial charge < -0.3 is 13.7 Å². The van der Waals surface area contributed by atoms with Crippen LogP contribution in [0, 0.1) is 0 Å². The molecule has 6 aromatic rings. The third kappa shape index (κ3) is 6.30. The first-order valence-corrected chi connectivity index (χ1v) is 14.0. The maximum Gasteiger partial charge on any atom is 0.0496 e. The summed E-state index contributed by atoms with van der Waals surface area (Å²) in [5.41, 5.74) is 4.47. The van der Waals surface area contributed by atoms with E-state index in [0.717, 1.165) is 0 Å². The number of nitrogens with zero attached hydrogens (tertiary/aromatic N) is 3. The van der Waals surface area contributed by atoms with Crippen LogP contribution < -0.4 is 0 Å². The van der Waals surface area contributed by atoms with Crippen LogP contribution in [-0.4, -0.2) is 13.7 Å².